The predicted molar refractivity (Wildman–Crippen MR) is 72.6 cm³/mol. The summed E-state index contributed by atoms with van der Waals surface area (Å²) in [6.45, 7) is 1.80. The molecule has 1 heterocycles. The number of benzene rings is 1. The molecule has 1 aromatic carbocycles. The number of carbonyl (C=O) groups is 1. The highest BCUT2D eigenvalue weighted by molar-refractivity contribution is 5.95. The minimum atomic E-state index is -0.506. The second kappa shape index (κ2) is 6.00. The van der Waals surface area contributed by atoms with Crippen LogP contribution in [-0.4, -0.2) is 17.3 Å². The minimum Gasteiger partial charge on any atom is -0.733 e. The number of hydrazone groups is 1. The third kappa shape index (κ3) is 3.44. The van der Waals surface area contributed by atoms with E-state index in [-0.39, 0.29) is 16.5 Å². The van der Waals surface area contributed by atoms with Crippen molar-refractivity contribution in [3.8, 4) is 0 Å². The molecule has 1 aromatic heterocycles. The normalized spacial score (nSPS) is 10.8. The largest absolute Gasteiger partial charge is 0.733 e. The van der Waals surface area contributed by atoms with Crippen molar-refractivity contribution in [2.45, 2.75) is 6.92 Å². The van der Waals surface area contributed by atoms with E-state index in [1.165, 1.54) is 30.5 Å². The first-order valence-corrected chi connectivity index (χ1v) is 5.72. The topological polar surface area (TPSA) is 101 Å². The van der Waals surface area contributed by atoms with E-state index in [0.717, 1.165) is 5.76 Å². The van der Waals surface area contributed by atoms with Gasteiger partial charge in [-0.2, -0.15) is 5.10 Å². The van der Waals surface area contributed by atoms with Crippen LogP contribution in [-0.2, 0) is 0 Å². The van der Waals surface area contributed by atoms with Crippen LogP contribution < -0.4 is 10.7 Å². The molecule has 0 aliphatic carbocycles. The van der Waals surface area contributed by atoms with Gasteiger partial charge in [0.15, 0.2) is 0 Å². The monoisotopic (exact) mass is 274 g/mol. The van der Waals surface area contributed by atoms with E-state index in [0.29, 0.717) is 5.76 Å². The van der Waals surface area contributed by atoms with Gasteiger partial charge in [0, 0.05) is 5.56 Å². The fourth-order valence-corrected chi connectivity index (χ4v) is 1.51. The van der Waals surface area contributed by atoms with Crippen molar-refractivity contribution in [2.24, 2.45) is 5.10 Å². The van der Waals surface area contributed by atoms with Crippen molar-refractivity contribution in [2.75, 3.05) is 5.23 Å². The number of nitrogens with one attached hydrogen (secondary N) is 1. The van der Waals surface area contributed by atoms with Gasteiger partial charge in [0.05, 0.1) is 11.9 Å². The molecule has 0 spiro atoms. The molecule has 7 nitrogen and oxygen atoms in total. The fourth-order valence-electron chi connectivity index (χ4n) is 1.51. The maximum absolute atomic E-state index is 11.8. The van der Waals surface area contributed by atoms with Crippen LogP contribution in [0, 0.1) is 12.1 Å². The quantitative estimate of drug-likeness (QED) is 0.656. The molecule has 7 heteroatoms. The average Bonchev–Trinajstić information content (AvgIpc) is 2.84. The Morgan fingerprint density at radius 1 is 1.45 bits per heavy atom. The zero-order valence-electron chi connectivity index (χ0n) is 10.6. The molecule has 1 amide bonds. The summed E-state index contributed by atoms with van der Waals surface area (Å²) >= 11 is 0. The number of aryl methyl sites for hydroxylation is 1. The number of amides is 1. The van der Waals surface area contributed by atoms with Crippen LogP contribution in [0.5, 0.6) is 0 Å². The molecule has 0 bridgehead atoms. The Bertz CT molecular complexity index is 634. The molecule has 0 atom stereocenters. The summed E-state index contributed by atoms with van der Waals surface area (Å²) in [6.07, 6.45) is 1.36. The summed E-state index contributed by atoms with van der Waals surface area (Å²) in [7, 11) is 0. The second-order valence-electron chi connectivity index (χ2n) is 3.97. The zero-order chi connectivity index (χ0) is 14.5. The molecule has 2 rings (SSSR count). The number of nitrogens with zero attached hydrogens (tertiary/aromatic N) is 2. The Hall–Kier alpha value is -2.64. The van der Waals surface area contributed by atoms with Gasteiger partial charge >= 0.3 is 0 Å². The maximum Gasteiger partial charge on any atom is 0.271 e. The van der Waals surface area contributed by atoms with Crippen molar-refractivity contribution >= 4 is 17.8 Å². The second-order valence-corrected chi connectivity index (χ2v) is 3.97. The van der Waals surface area contributed by atoms with Gasteiger partial charge in [-0.15, -0.1) is 0 Å². The Kier molecular flexibility index (Phi) is 4.14. The maximum atomic E-state index is 11.8. The lowest BCUT2D eigenvalue weighted by molar-refractivity contribution is 0.0955. The highest BCUT2D eigenvalue weighted by Gasteiger charge is 2.05. The van der Waals surface area contributed by atoms with E-state index in [2.05, 4.69) is 10.5 Å². The molecule has 104 valence electrons. The summed E-state index contributed by atoms with van der Waals surface area (Å²) in [6, 6.07) is 9.08. The lowest BCUT2D eigenvalue weighted by atomic mass is 10.2. The molecule has 0 unspecified atom stereocenters. The summed E-state index contributed by atoms with van der Waals surface area (Å²) in [5.41, 5.74) is 2.45. The molecular weight excluding hydrogens is 262 g/mol. The van der Waals surface area contributed by atoms with Crippen LogP contribution in [0.2, 0.25) is 0 Å². The average molecular weight is 274 g/mol. The van der Waals surface area contributed by atoms with E-state index in [1.807, 2.05) is 0 Å². The summed E-state index contributed by atoms with van der Waals surface area (Å²) < 4.78 is 5.24. The number of hydrogen-bond acceptors (Lipinski definition) is 6. The van der Waals surface area contributed by atoms with Crippen molar-refractivity contribution in [3.63, 3.8) is 0 Å². The molecule has 0 saturated heterocycles. The van der Waals surface area contributed by atoms with Crippen molar-refractivity contribution in [3.05, 3.63) is 58.7 Å². The molecule has 0 fully saturated rings. The molecule has 0 aliphatic heterocycles. The van der Waals surface area contributed by atoms with Crippen molar-refractivity contribution in [1.29, 1.82) is 0 Å². The molecular formula is C13H12N3O4-. The SMILES string of the molecule is Cc1ccc(C=NNC(=O)c2cccc(N([O-])O)c2)o1. The standard InChI is InChI=1S/C13H12N3O4/c1-9-5-6-12(20-9)8-14-15-13(17)10-3-2-4-11(7-10)16(18)19/h2-8,18H,1H3,(H,15,17)/q-1. The minimum absolute atomic E-state index is 0.0386. The lowest BCUT2D eigenvalue weighted by Gasteiger charge is -2.21. The van der Waals surface area contributed by atoms with Gasteiger partial charge in [0.25, 0.3) is 5.91 Å². The zero-order valence-corrected chi connectivity index (χ0v) is 10.6. The van der Waals surface area contributed by atoms with E-state index in [9.17, 15) is 10.0 Å². The van der Waals surface area contributed by atoms with E-state index in [4.69, 9.17) is 9.62 Å². The molecule has 2 N–H and O–H groups in total. The Morgan fingerprint density at radius 2 is 2.25 bits per heavy atom. The molecule has 0 radical (unpaired) electrons. The number of carbonyl (C=O) groups excluding carboxylic acids is 1. The summed E-state index contributed by atoms with van der Waals surface area (Å²) in [4.78, 5) is 11.8. The number of rotatable bonds is 4. The van der Waals surface area contributed by atoms with E-state index in [1.54, 1.807) is 19.1 Å². The third-order valence-electron chi connectivity index (χ3n) is 2.45. The van der Waals surface area contributed by atoms with Crippen molar-refractivity contribution < 1.29 is 14.4 Å². The number of hydrogen-bond donors (Lipinski definition) is 2. The van der Waals surface area contributed by atoms with Crippen LogP contribution in [0.4, 0.5) is 5.69 Å². The van der Waals surface area contributed by atoms with Crippen LogP contribution in [0.15, 0.2) is 45.9 Å². The first kappa shape index (κ1) is 13.8. The fraction of sp³-hybridized carbons (Fsp3) is 0.0769. The third-order valence-corrected chi connectivity index (χ3v) is 2.45. The first-order valence-electron chi connectivity index (χ1n) is 5.72. The Balaban J connectivity index is 2.01. The van der Waals surface area contributed by atoms with Gasteiger partial charge in [-0.3, -0.25) is 10.0 Å². The van der Waals surface area contributed by atoms with Gasteiger partial charge in [0.2, 0.25) is 0 Å². The summed E-state index contributed by atoms with van der Waals surface area (Å²) in [5.74, 6) is 0.745. The summed E-state index contributed by atoms with van der Waals surface area (Å²) in [5, 5.41) is 22.9. The van der Waals surface area contributed by atoms with Crippen molar-refractivity contribution in [1.82, 2.24) is 5.43 Å². The lowest BCUT2D eigenvalue weighted by Crippen LogP contribution is -2.18. The number of furan rings is 1. The Labute approximate surface area is 114 Å². The van der Waals surface area contributed by atoms with Crippen LogP contribution >= 0.6 is 0 Å². The predicted octanol–water partition coefficient (Wildman–Crippen LogP) is 2.05. The van der Waals surface area contributed by atoms with Gasteiger partial charge in [-0.05, 0) is 37.3 Å². The number of anilines is 1. The van der Waals surface area contributed by atoms with E-state index >= 15 is 0 Å². The molecule has 20 heavy (non-hydrogen) atoms. The van der Waals surface area contributed by atoms with Gasteiger partial charge < -0.3 is 14.9 Å². The highest BCUT2D eigenvalue weighted by Crippen LogP contribution is 2.13. The highest BCUT2D eigenvalue weighted by atomic mass is 16.8. The molecule has 0 saturated carbocycles. The Morgan fingerprint density at radius 3 is 2.90 bits per heavy atom. The van der Waals surface area contributed by atoms with Crippen LogP contribution in [0.3, 0.4) is 0 Å². The van der Waals surface area contributed by atoms with Crippen LogP contribution in [0.25, 0.3) is 0 Å². The van der Waals surface area contributed by atoms with Crippen LogP contribution in [0.1, 0.15) is 21.9 Å². The van der Waals surface area contributed by atoms with Gasteiger partial charge in [0.1, 0.15) is 11.5 Å². The molecule has 0 aliphatic rings. The first-order chi connectivity index (χ1) is 9.56. The van der Waals surface area contributed by atoms with Gasteiger partial charge in [-0.1, -0.05) is 6.07 Å². The molecule has 2 aromatic rings. The van der Waals surface area contributed by atoms with E-state index < -0.39 is 5.91 Å². The van der Waals surface area contributed by atoms with Gasteiger partial charge in [-0.25, -0.2) is 5.43 Å². The smallest absolute Gasteiger partial charge is 0.271 e.